The van der Waals surface area contributed by atoms with E-state index in [1.807, 2.05) is 42.1 Å². The van der Waals surface area contributed by atoms with Gasteiger partial charge in [0, 0.05) is 67.8 Å². The molecule has 10 heteroatoms. The number of anilines is 1. The Kier molecular flexibility index (Phi) is 12.0. The van der Waals surface area contributed by atoms with E-state index >= 15 is 0 Å². The molecule has 0 unspecified atom stereocenters. The van der Waals surface area contributed by atoms with E-state index in [9.17, 15) is 9.59 Å². The van der Waals surface area contributed by atoms with Gasteiger partial charge in [-0.1, -0.05) is 49.7 Å². The molecule has 0 spiro atoms. The Labute approximate surface area is 318 Å². The van der Waals surface area contributed by atoms with Crippen LogP contribution in [0.2, 0.25) is 0 Å². The predicted molar refractivity (Wildman–Crippen MR) is 215 cm³/mol. The Morgan fingerprint density at radius 3 is 2.19 bits per heavy atom. The predicted octanol–water partition coefficient (Wildman–Crippen LogP) is 7.43. The summed E-state index contributed by atoms with van der Waals surface area (Å²) in [5.41, 5.74) is 10.1. The second-order valence-corrected chi connectivity index (χ2v) is 14.7. The van der Waals surface area contributed by atoms with E-state index in [0.29, 0.717) is 30.6 Å². The SMILES string of the molecule is CCc1nc2c(cnn2CC)c(NC2CCOCC2)c1CNC(=O)c1cc(C)cc(C(=O)NCc2cccc(-c3cccc(CN4CCCCC4)c3)c2)c1. The Morgan fingerprint density at radius 2 is 1.50 bits per heavy atom. The number of aromatic nitrogens is 3. The van der Waals surface area contributed by atoms with Crippen molar-refractivity contribution in [3.63, 3.8) is 0 Å². The molecule has 5 aromatic rings. The fourth-order valence-electron chi connectivity index (χ4n) is 7.79. The van der Waals surface area contributed by atoms with Crippen LogP contribution in [0.25, 0.3) is 22.2 Å². The molecule has 2 fully saturated rings. The molecule has 10 nitrogen and oxygen atoms in total. The van der Waals surface area contributed by atoms with Gasteiger partial charge >= 0.3 is 0 Å². The van der Waals surface area contributed by atoms with Crippen molar-refractivity contribution in [1.29, 1.82) is 0 Å². The van der Waals surface area contributed by atoms with Crippen LogP contribution in [0.15, 0.2) is 72.9 Å². The number of aryl methyl sites for hydroxylation is 3. The summed E-state index contributed by atoms with van der Waals surface area (Å²) in [5, 5.41) is 15.6. The lowest BCUT2D eigenvalue weighted by atomic mass is 10.0. The van der Waals surface area contributed by atoms with Crippen LogP contribution in [0.5, 0.6) is 0 Å². The molecule has 0 bridgehead atoms. The van der Waals surface area contributed by atoms with Crippen molar-refractivity contribution in [1.82, 2.24) is 30.3 Å². The number of carbonyl (C=O) groups is 2. The number of amides is 2. The van der Waals surface area contributed by atoms with E-state index < -0.39 is 0 Å². The van der Waals surface area contributed by atoms with E-state index in [1.54, 1.807) is 6.07 Å². The van der Waals surface area contributed by atoms with Gasteiger partial charge in [-0.25, -0.2) is 9.67 Å². The van der Waals surface area contributed by atoms with Gasteiger partial charge in [0.15, 0.2) is 5.65 Å². The zero-order valence-corrected chi connectivity index (χ0v) is 31.9. The lowest BCUT2D eigenvalue weighted by Crippen LogP contribution is -2.30. The minimum absolute atomic E-state index is 0.222. The number of likely N-dealkylation sites (tertiary alicyclic amines) is 1. The zero-order chi connectivity index (χ0) is 37.4. The number of pyridine rings is 1. The quantitative estimate of drug-likeness (QED) is 0.116. The van der Waals surface area contributed by atoms with Crippen LogP contribution in [-0.2, 0) is 37.3 Å². The molecular formula is C44H53N7O3. The minimum atomic E-state index is -0.244. The lowest BCUT2D eigenvalue weighted by Gasteiger charge is -2.26. The van der Waals surface area contributed by atoms with Crippen LogP contribution >= 0.6 is 0 Å². The normalized spacial score (nSPS) is 15.3. The zero-order valence-electron chi connectivity index (χ0n) is 31.9. The van der Waals surface area contributed by atoms with Crippen molar-refractivity contribution in [3.05, 3.63) is 112 Å². The highest BCUT2D eigenvalue weighted by molar-refractivity contribution is 6.00. The molecule has 0 atom stereocenters. The molecule has 2 amide bonds. The molecule has 2 saturated heterocycles. The van der Waals surface area contributed by atoms with Gasteiger partial charge in [0.1, 0.15) is 0 Å². The van der Waals surface area contributed by atoms with Crippen molar-refractivity contribution in [2.45, 2.75) is 91.5 Å². The van der Waals surface area contributed by atoms with Crippen LogP contribution < -0.4 is 16.0 Å². The van der Waals surface area contributed by atoms with Gasteiger partial charge < -0.3 is 20.7 Å². The molecule has 282 valence electrons. The van der Waals surface area contributed by atoms with Crippen molar-refractivity contribution >= 4 is 28.5 Å². The standard InChI is InChI=1S/C44H53N7O3/c1-4-40-38(41(48-37-15-19-54-20-16-37)39-28-47-51(5-2)42(39)49-40)27-46-44(53)36-22-30(3)21-35(25-36)43(52)45-26-31-11-9-13-33(23-31)34-14-10-12-32(24-34)29-50-17-7-6-8-18-50/h9-14,21-25,28,37H,4-8,15-20,26-27,29H2,1-3H3,(H,45,52)(H,46,53)(H,48,49). The molecule has 2 aliphatic heterocycles. The van der Waals surface area contributed by atoms with Gasteiger partial charge in [0.05, 0.1) is 17.3 Å². The van der Waals surface area contributed by atoms with E-state index in [2.05, 4.69) is 76.2 Å². The number of rotatable bonds is 13. The molecule has 2 aromatic heterocycles. The highest BCUT2D eigenvalue weighted by Crippen LogP contribution is 2.31. The number of hydrogen-bond donors (Lipinski definition) is 3. The molecule has 3 N–H and O–H groups in total. The molecule has 54 heavy (non-hydrogen) atoms. The summed E-state index contributed by atoms with van der Waals surface area (Å²) >= 11 is 0. The summed E-state index contributed by atoms with van der Waals surface area (Å²) < 4.78 is 7.53. The fourth-order valence-corrected chi connectivity index (χ4v) is 7.79. The van der Waals surface area contributed by atoms with E-state index in [1.165, 1.54) is 43.5 Å². The Balaban J connectivity index is 1.03. The van der Waals surface area contributed by atoms with Crippen molar-refractivity contribution in [2.75, 3.05) is 31.6 Å². The third-order valence-corrected chi connectivity index (χ3v) is 10.7. The maximum atomic E-state index is 13.7. The first-order valence-corrected chi connectivity index (χ1v) is 19.7. The van der Waals surface area contributed by atoms with Gasteiger partial charge in [0.2, 0.25) is 0 Å². The number of hydrogen-bond acceptors (Lipinski definition) is 7. The molecule has 0 aliphatic carbocycles. The van der Waals surface area contributed by atoms with E-state index in [0.717, 1.165) is 83.8 Å². The monoisotopic (exact) mass is 727 g/mol. The minimum Gasteiger partial charge on any atom is -0.381 e. The third kappa shape index (κ3) is 8.83. The highest BCUT2D eigenvalue weighted by Gasteiger charge is 2.23. The van der Waals surface area contributed by atoms with Crippen molar-refractivity contribution in [2.24, 2.45) is 0 Å². The first-order chi connectivity index (χ1) is 26.4. The smallest absolute Gasteiger partial charge is 0.251 e. The summed E-state index contributed by atoms with van der Waals surface area (Å²) in [5.74, 6) is -0.466. The maximum Gasteiger partial charge on any atom is 0.251 e. The first-order valence-electron chi connectivity index (χ1n) is 19.7. The van der Waals surface area contributed by atoms with Gasteiger partial charge in [-0.2, -0.15) is 5.10 Å². The van der Waals surface area contributed by atoms with Crippen molar-refractivity contribution in [3.8, 4) is 11.1 Å². The number of nitrogens with zero attached hydrogens (tertiary/aromatic N) is 4. The second kappa shape index (κ2) is 17.4. The van der Waals surface area contributed by atoms with E-state index in [-0.39, 0.29) is 17.9 Å². The van der Waals surface area contributed by atoms with Gasteiger partial charge in [-0.05, 0) is 117 Å². The van der Waals surface area contributed by atoms with Crippen LogP contribution in [0, 0.1) is 6.92 Å². The molecule has 2 aliphatic rings. The molecule has 0 saturated carbocycles. The summed E-state index contributed by atoms with van der Waals surface area (Å²) in [6.45, 7) is 12.2. The number of carbonyl (C=O) groups excluding carboxylic acids is 2. The average Bonchev–Trinajstić information content (AvgIpc) is 3.63. The number of piperidine rings is 1. The van der Waals surface area contributed by atoms with Crippen LogP contribution in [0.4, 0.5) is 5.69 Å². The molecule has 7 rings (SSSR count). The fraction of sp³-hybridized carbons (Fsp3) is 0.409. The number of ether oxygens (including phenoxy) is 1. The maximum absolute atomic E-state index is 13.7. The summed E-state index contributed by atoms with van der Waals surface area (Å²) in [4.78, 5) is 34.8. The number of benzene rings is 3. The Morgan fingerprint density at radius 1 is 0.833 bits per heavy atom. The Hall–Kier alpha value is -5.06. The largest absolute Gasteiger partial charge is 0.381 e. The number of nitrogens with one attached hydrogen (secondary N) is 3. The highest BCUT2D eigenvalue weighted by atomic mass is 16.5. The van der Waals surface area contributed by atoms with Crippen molar-refractivity contribution < 1.29 is 14.3 Å². The summed E-state index contributed by atoms with van der Waals surface area (Å²) in [6, 6.07) is 22.7. The number of fused-ring (bicyclic) bond motifs is 1. The van der Waals surface area contributed by atoms with Crippen LogP contribution in [0.1, 0.15) is 94.6 Å². The molecule has 0 radical (unpaired) electrons. The first kappa shape index (κ1) is 37.3. The van der Waals surface area contributed by atoms with Gasteiger partial charge in [0.25, 0.3) is 11.8 Å². The van der Waals surface area contributed by atoms with Crippen LogP contribution in [0.3, 0.4) is 0 Å². The van der Waals surface area contributed by atoms with E-state index in [4.69, 9.17) is 9.72 Å². The third-order valence-electron chi connectivity index (χ3n) is 10.7. The topological polar surface area (TPSA) is 113 Å². The Bertz CT molecular complexity index is 2100. The molecule has 4 heterocycles. The summed E-state index contributed by atoms with van der Waals surface area (Å²) in [7, 11) is 0. The average molecular weight is 728 g/mol. The van der Waals surface area contributed by atoms with Gasteiger partial charge in [-0.3, -0.25) is 14.5 Å². The lowest BCUT2D eigenvalue weighted by molar-refractivity contribution is 0.0904. The second-order valence-electron chi connectivity index (χ2n) is 14.7. The molecule has 3 aromatic carbocycles. The summed E-state index contributed by atoms with van der Waals surface area (Å²) in [6.07, 6.45) is 8.29. The molecular weight excluding hydrogens is 675 g/mol. The van der Waals surface area contributed by atoms with Crippen LogP contribution in [-0.4, -0.2) is 63.8 Å². The van der Waals surface area contributed by atoms with Gasteiger partial charge in [-0.15, -0.1) is 0 Å².